The summed E-state index contributed by atoms with van der Waals surface area (Å²) in [5.74, 6) is 0.725. The average molecular weight is 539 g/mol. The SMILES string of the molecule is Brc1ccc(-c2cccc(-c3ccc(-c4cc(-c5ccccc5)nc(-c5ccccc5)n4)cc3)c2)cc1. The highest BCUT2D eigenvalue weighted by molar-refractivity contribution is 9.10. The fourth-order valence-electron chi connectivity index (χ4n) is 4.42. The van der Waals surface area contributed by atoms with E-state index in [-0.39, 0.29) is 0 Å². The molecule has 0 unspecified atom stereocenters. The molecular formula is C34H23BrN2. The molecule has 0 aliphatic rings. The van der Waals surface area contributed by atoms with E-state index < -0.39 is 0 Å². The van der Waals surface area contributed by atoms with Crippen LogP contribution < -0.4 is 0 Å². The maximum absolute atomic E-state index is 4.95. The predicted molar refractivity (Wildman–Crippen MR) is 157 cm³/mol. The third kappa shape index (κ3) is 5.13. The van der Waals surface area contributed by atoms with Crippen LogP contribution in [0.2, 0.25) is 0 Å². The zero-order chi connectivity index (χ0) is 25.0. The first-order valence-corrected chi connectivity index (χ1v) is 13.0. The van der Waals surface area contributed by atoms with Gasteiger partial charge < -0.3 is 0 Å². The number of rotatable bonds is 5. The van der Waals surface area contributed by atoms with Crippen molar-refractivity contribution in [2.75, 3.05) is 0 Å². The number of nitrogens with zero attached hydrogens (tertiary/aromatic N) is 2. The highest BCUT2D eigenvalue weighted by Gasteiger charge is 2.11. The van der Waals surface area contributed by atoms with E-state index in [1.807, 2.05) is 36.4 Å². The van der Waals surface area contributed by atoms with Gasteiger partial charge in [-0.2, -0.15) is 0 Å². The predicted octanol–water partition coefficient (Wildman–Crippen LogP) is 9.57. The van der Waals surface area contributed by atoms with Crippen LogP contribution >= 0.6 is 15.9 Å². The summed E-state index contributed by atoms with van der Waals surface area (Å²) in [6.07, 6.45) is 0. The molecule has 6 rings (SSSR count). The standard InChI is InChI=1S/C34H23BrN2/c35-31-20-18-25(19-21-31)30-13-7-12-29(22-30)24-14-16-27(17-15-24)33-23-32(26-8-3-1-4-9-26)36-34(37-33)28-10-5-2-6-11-28/h1-23H. The Hall–Kier alpha value is -4.34. The summed E-state index contributed by atoms with van der Waals surface area (Å²) < 4.78 is 1.08. The van der Waals surface area contributed by atoms with Crippen LogP contribution in [0.5, 0.6) is 0 Å². The summed E-state index contributed by atoms with van der Waals surface area (Å²) in [5, 5.41) is 0. The summed E-state index contributed by atoms with van der Waals surface area (Å²) in [6.45, 7) is 0. The van der Waals surface area contributed by atoms with Crippen LogP contribution in [-0.4, -0.2) is 9.97 Å². The maximum Gasteiger partial charge on any atom is 0.160 e. The van der Waals surface area contributed by atoms with Gasteiger partial charge >= 0.3 is 0 Å². The number of benzene rings is 5. The van der Waals surface area contributed by atoms with Crippen LogP contribution in [-0.2, 0) is 0 Å². The Morgan fingerprint density at radius 1 is 0.351 bits per heavy atom. The van der Waals surface area contributed by atoms with Gasteiger partial charge in [0.15, 0.2) is 5.82 Å². The molecule has 3 heteroatoms. The first-order chi connectivity index (χ1) is 18.2. The van der Waals surface area contributed by atoms with E-state index in [1.165, 1.54) is 22.3 Å². The second-order valence-corrected chi connectivity index (χ2v) is 9.77. The summed E-state index contributed by atoms with van der Waals surface area (Å²) in [6, 6.07) is 48.2. The molecule has 0 bridgehead atoms. The number of hydrogen-bond donors (Lipinski definition) is 0. The van der Waals surface area contributed by atoms with Crippen LogP contribution in [0.25, 0.3) is 56.2 Å². The smallest absolute Gasteiger partial charge is 0.160 e. The van der Waals surface area contributed by atoms with Crippen molar-refractivity contribution in [1.29, 1.82) is 0 Å². The second-order valence-electron chi connectivity index (χ2n) is 8.86. The minimum absolute atomic E-state index is 0.725. The maximum atomic E-state index is 4.95. The van der Waals surface area contributed by atoms with Crippen molar-refractivity contribution in [3.05, 3.63) is 144 Å². The van der Waals surface area contributed by atoms with Crippen LogP contribution in [0, 0.1) is 0 Å². The molecule has 0 saturated carbocycles. The second kappa shape index (κ2) is 10.3. The molecule has 176 valence electrons. The van der Waals surface area contributed by atoms with E-state index in [0.29, 0.717) is 0 Å². The van der Waals surface area contributed by atoms with Crippen molar-refractivity contribution in [3.8, 4) is 56.2 Å². The largest absolute Gasteiger partial charge is 0.228 e. The van der Waals surface area contributed by atoms with E-state index in [4.69, 9.17) is 9.97 Å². The van der Waals surface area contributed by atoms with Crippen molar-refractivity contribution < 1.29 is 0 Å². The number of aromatic nitrogens is 2. The minimum Gasteiger partial charge on any atom is -0.228 e. The summed E-state index contributed by atoms with van der Waals surface area (Å²) >= 11 is 3.52. The van der Waals surface area contributed by atoms with Crippen LogP contribution in [0.1, 0.15) is 0 Å². The molecule has 0 radical (unpaired) electrons. The van der Waals surface area contributed by atoms with Gasteiger partial charge in [-0.25, -0.2) is 9.97 Å². The van der Waals surface area contributed by atoms with E-state index in [0.717, 1.165) is 38.4 Å². The lowest BCUT2D eigenvalue weighted by Gasteiger charge is -2.10. The summed E-state index contributed by atoms with van der Waals surface area (Å²) in [5.41, 5.74) is 9.71. The lowest BCUT2D eigenvalue weighted by atomic mass is 9.98. The molecule has 5 aromatic carbocycles. The molecule has 0 saturated heterocycles. The van der Waals surface area contributed by atoms with Gasteiger partial charge in [-0.05, 0) is 46.5 Å². The first-order valence-electron chi connectivity index (χ1n) is 12.2. The Labute approximate surface area is 225 Å². The molecule has 6 aromatic rings. The fraction of sp³-hybridized carbons (Fsp3) is 0. The third-order valence-electron chi connectivity index (χ3n) is 6.38. The normalized spacial score (nSPS) is 10.8. The molecule has 0 fully saturated rings. The van der Waals surface area contributed by atoms with Crippen LogP contribution in [0.4, 0.5) is 0 Å². The van der Waals surface area contributed by atoms with E-state index in [2.05, 4.69) is 119 Å². The van der Waals surface area contributed by atoms with Gasteiger partial charge in [0, 0.05) is 21.2 Å². The molecule has 2 nitrogen and oxygen atoms in total. The van der Waals surface area contributed by atoms with Gasteiger partial charge in [-0.15, -0.1) is 0 Å². The van der Waals surface area contributed by atoms with Crippen molar-refractivity contribution in [3.63, 3.8) is 0 Å². The van der Waals surface area contributed by atoms with E-state index in [9.17, 15) is 0 Å². The molecule has 0 atom stereocenters. The van der Waals surface area contributed by atoms with Crippen molar-refractivity contribution in [2.24, 2.45) is 0 Å². The van der Waals surface area contributed by atoms with Crippen molar-refractivity contribution in [1.82, 2.24) is 9.97 Å². The van der Waals surface area contributed by atoms with Crippen LogP contribution in [0.3, 0.4) is 0 Å². The lowest BCUT2D eigenvalue weighted by molar-refractivity contribution is 1.18. The highest BCUT2D eigenvalue weighted by Crippen LogP contribution is 2.31. The first kappa shape index (κ1) is 23.1. The lowest BCUT2D eigenvalue weighted by Crippen LogP contribution is -1.95. The Kier molecular flexibility index (Phi) is 6.45. The van der Waals surface area contributed by atoms with Gasteiger partial charge in [0.2, 0.25) is 0 Å². The zero-order valence-electron chi connectivity index (χ0n) is 20.1. The van der Waals surface area contributed by atoms with Gasteiger partial charge in [0.1, 0.15) is 0 Å². The Balaban J connectivity index is 1.37. The summed E-state index contributed by atoms with van der Waals surface area (Å²) in [7, 11) is 0. The topological polar surface area (TPSA) is 25.8 Å². The van der Waals surface area contributed by atoms with Crippen molar-refractivity contribution >= 4 is 15.9 Å². The van der Waals surface area contributed by atoms with Gasteiger partial charge in [-0.1, -0.05) is 131 Å². The average Bonchev–Trinajstić information content (AvgIpc) is 2.98. The van der Waals surface area contributed by atoms with Gasteiger partial charge in [-0.3, -0.25) is 0 Å². The molecule has 0 amide bonds. The summed E-state index contributed by atoms with van der Waals surface area (Å²) in [4.78, 5) is 9.84. The Bertz CT molecular complexity index is 1590. The number of halogens is 1. The fourth-order valence-corrected chi connectivity index (χ4v) is 4.69. The monoisotopic (exact) mass is 538 g/mol. The molecule has 1 heterocycles. The molecule has 37 heavy (non-hydrogen) atoms. The van der Waals surface area contributed by atoms with E-state index in [1.54, 1.807) is 0 Å². The molecule has 1 aromatic heterocycles. The highest BCUT2D eigenvalue weighted by atomic mass is 79.9. The molecule has 0 N–H and O–H groups in total. The quantitative estimate of drug-likeness (QED) is 0.218. The molecule has 0 spiro atoms. The zero-order valence-corrected chi connectivity index (χ0v) is 21.6. The number of hydrogen-bond acceptors (Lipinski definition) is 2. The Morgan fingerprint density at radius 2 is 0.784 bits per heavy atom. The molecular weight excluding hydrogens is 516 g/mol. The van der Waals surface area contributed by atoms with Crippen molar-refractivity contribution in [2.45, 2.75) is 0 Å². The molecule has 0 aliphatic heterocycles. The minimum atomic E-state index is 0.725. The van der Waals surface area contributed by atoms with E-state index >= 15 is 0 Å². The third-order valence-corrected chi connectivity index (χ3v) is 6.91. The Morgan fingerprint density at radius 3 is 1.35 bits per heavy atom. The molecule has 0 aliphatic carbocycles. The van der Waals surface area contributed by atoms with Gasteiger partial charge in [0.05, 0.1) is 11.4 Å². The van der Waals surface area contributed by atoms with Gasteiger partial charge in [0.25, 0.3) is 0 Å². The van der Waals surface area contributed by atoms with Crippen LogP contribution in [0.15, 0.2) is 144 Å².